The minimum absolute atomic E-state index is 0.00346. The fourth-order valence-electron chi connectivity index (χ4n) is 4.58. The molecule has 0 unspecified atom stereocenters. The third kappa shape index (κ3) is 4.80. The number of imide groups is 1. The Morgan fingerprint density at radius 3 is 2.32 bits per heavy atom. The van der Waals surface area contributed by atoms with E-state index in [-0.39, 0.29) is 27.5 Å². The van der Waals surface area contributed by atoms with Gasteiger partial charge in [0.05, 0.1) is 37.7 Å². The van der Waals surface area contributed by atoms with E-state index in [2.05, 4.69) is 10.2 Å². The summed E-state index contributed by atoms with van der Waals surface area (Å²) in [6.07, 6.45) is 0. The van der Waals surface area contributed by atoms with Gasteiger partial charge in [-0.2, -0.15) is 4.31 Å². The summed E-state index contributed by atoms with van der Waals surface area (Å²) in [4.78, 5) is 41.6. The van der Waals surface area contributed by atoms with Gasteiger partial charge in [0.15, 0.2) is 0 Å². The van der Waals surface area contributed by atoms with Crippen LogP contribution in [-0.2, 0) is 26.2 Å². The molecule has 0 bridgehead atoms. The average molecular weight is 582 g/mol. The van der Waals surface area contributed by atoms with Crippen LogP contribution in [0.15, 0.2) is 46.2 Å². The monoisotopic (exact) mass is 580 g/mol. The standard InChI is InChI=1S/C24H22Cl2N4O5S2/c1-2-28-7-9-29(10-8-28)37(34,35)15-4-6-19-16(12-15)20(21-22(31)27-24(33)36-21)23(32)30(19)13-14-3-5-17(25)18(26)11-14/h3-6,11-12H,2,7-10,13H2,1H3,(H,27,31,33)/b21-20-. The first-order valence-corrected chi connectivity index (χ1v) is 14.5. The van der Waals surface area contributed by atoms with Crippen LogP contribution in [0.5, 0.6) is 0 Å². The number of piperazine rings is 1. The molecule has 0 radical (unpaired) electrons. The predicted octanol–water partition coefficient (Wildman–Crippen LogP) is 3.56. The van der Waals surface area contributed by atoms with Crippen molar-refractivity contribution in [2.75, 3.05) is 37.6 Å². The summed E-state index contributed by atoms with van der Waals surface area (Å²) in [5, 5.41) is 2.27. The second kappa shape index (κ2) is 10.0. The van der Waals surface area contributed by atoms with Crippen LogP contribution in [0, 0.1) is 0 Å². The topological polar surface area (TPSA) is 107 Å². The fourth-order valence-corrected chi connectivity index (χ4v) is 7.12. The van der Waals surface area contributed by atoms with Gasteiger partial charge in [0, 0.05) is 31.7 Å². The van der Waals surface area contributed by atoms with Crippen LogP contribution in [-0.4, -0.2) is 67.4 Å². The van der Waals surface area contributed by atoms with E-state index in [9.17, 15) is 22.8 Å². The van der Waals surface area contributed by atoms with E-state index < -0.39 is 27.1 Å². The number of nitrogens with one attached hydrogen (secondary N) is 1. The van der Waals surface area contributed by atoms with Crippen molar-refractivity contribution in [3.63, 3.8) is 0 Å². The molecular weight excluding hydrogens is 559 g/mol. The maximum atomic E-state index is 13.6. The van der Waals surface area contributed by atoms with Gasteiger partial charge in [0.1, 0.15) is 0 Å². The molecule has 0 aromatic heterocycles. The number of amides is 3. The number of sulfonamides is 1. The molecule has 0 spiro atoms. The molecular formula is C24H22Cl2N4O5S2. The van der Waals surface area contributed by atoms with E-state index in [1.54, 1.807) is 24.3 Å². The summed E-state index contributed by atoms with van der Waals surface area (Å²) >= 11 is 12.8. The van der Waals surface area contributed by atoms with Gasteiger partial charge in [-0.05, 0) is 54.2 Å². The molecule has 194 valence electrons. The third-order valence-electron chi connectivity index (χ3n) is 6.57. The van der Waals surface area contributed by atoms with Crippen molar-refractivity contribution in [2.45, 2.75) is 18.4 Å². The lowest BCUT2D eigenvalue weighted by Crippen LogP contribution is -2.48. The Morgan fingerprint density at radius 1 is 0.973 bits per heavy atom. The number of carbonyl (C=O) groups is 3. The minimum atomic E-state index is -3.84. The lowest BCUT2D eigenvalue weighted by Gasteiger charge is -2.33. The number of rotatable bonds is 5. The maximum Gasteiger partial charge on any atom is 0.290 e. The molecule has 2 fully saturated rings. The average Bonchev–Trinajstić information content (AvgIpc) is 3.35. The minimum Gasteiger partial charge on any atom is -0.303 e. The van der Waals surface area contributed by atoms with Crippen LogP contribution < -0.4 is 10.2 Å². The second-order valence-electron chi connectivity index (χ2n) is 8.70. The highest BCUT2D eigenvalue weighted by molar-refractivity contribution is 8.18. The van der Waals surface area contributed by atoms with Crippen LogP contribution in [0.25, 0.3) is 5.57 Å². The summed E-state index contributed by atoms with van der Waals surface area (Å²) in [5.41, 5.74) is 1.40. The van der Waals surface area contributed by atoms with E-state index in [4.69, 9.17) is 23.2 Å². The number of hydrogen-bond acceptors (Lipinski definition) is 7. The van der Waals surface area contributed by atoms with Crippen molar-refractivity contribution >= 4 is 73.3 Å². The van der Waals surface area contributed by atoms with Gasteiger partial charge in [-0.25, -0.2) is 8.42 Å². The normalized spacial score (nSPS) is 21.1. The van der Waals surface area contributed by atoms with Crippen LogP contribution in [0.2, 0.25) is 10.0 Å². The Bertz CT molecular complexity index is 1470. The molecule has 3 heterocycles. The number of benzene rings is 2. The number of fused-ring (bicyclic) bond motifs is 1. The molecule has 0 aliphatic carbocycles. The lowest BCUT2D eigenvalue weighted by molar-refractivity contribution is -0.116. The molecule has 2 saturated heterocycles. The highest BCUT2D eigenvalue weighted by atomic mass is 35.5. The first-order valence-electron chi connectivity index (χ1n) is 11.5. The van der Waals surface area contributed by atoms with E-state index in [0.717, 1.165) is 6.54 Å². The van der Waals surface area contributed by atoms with E-state index in [1.165, 1.54) is 21.3 Å². The Hall–Kier alpha value is -2.41. The highest BCUT2D eigenvalue weighted by Crippen LogP contribution is 2.44. The van der Waals surface area contributed by atoms with Crippen LogP contribution in [0.3, 0.4) is 0 Å². The van der Waals surface area contributed by atoms with Gasteiger partial charge < -0.3 is 9.80 Å². The Morgan fingerprint density at radius 2 is 1.70 bits per heavy atom. The van der Waals surface area contributed by atoms with Gasteiger partial charge in [-0.1, -0.05) is 36.2 Å². The molecule has 2 aromatic rings. The van der Waals surface area contributed by atoms with Gasteiger partial charge in [0.2, 0.25) is 10.0 Å². The summed E-state index contributed by atoms with van der Waals surface area (Å²) in [6.45, 7) is 4.95. The van der Waals surface area contributed by atoms with Gasteiger partial charge in [-0.15, -0.1) is 0 Å². The summed E-state index contributed by atoms with van der Waals surface area (Å²) < 4.78 is 28.4. The van der Waals surface area contributed by atoms with Crippen LogP contribution in [0.4, 0.5) is 10.5 Å². The van der Waals surface area contributed by atoms with Crippen molar-refractivity contribution in [2.24, 2.45) is 0 Å². The van der Waals surface area contributed by atoms with Crippen LogP contribution in [0.1, 0.15) is 18.1 Å². The quantitative estimate of drug-likeness (QED) is 0.539. The molecule has 1 N–H and O–H groups in total. The van der Waals surface area contributed by atoms with E-state index >= 15 is 0 Å². The number of carbonyl (C=O) groups excluding carboxylic acids is 3. The van der Waals surface area contributed by atoms with Crippen molar-refractivity contribution in [1.82, 2.24) is 14.5 Å². The highest BCUT2D eigenvalue weighted by Gasteiger charge is 2.41. The fraction of sp³-hybridized carbons (Fsp3) is 0.292. The molecule has 3 aliphatic heterocycles. The smallest absolute Gasteiger partial charge is 0.290 e. The first-order chi connectivity index (χ1) is 17.6. The Labute approximate surface area is 228 Å². The number of halogens is 2. The summed E-state index contributed by atoms with van der Waals surface area (Å²) in [7, 11) is -3.84. The number of hydrogen-bond donors (Lipinski definition) is 1. The molecule has 13 heteroatoms. The molecule has 3 aliphatic rings. The molecule has 9 nitrogen and oxygen atoms in total. The largest absolute Gasteiger partial charge is 0.303 e. The predicted molar refractivity (Wildman–Crippen MR) is 143 cm³/mol. The van der Waals surface area contributed by atoms with Crippen molar-refractivity contribution in [3.8, 4) is 0 Å². The molecule has 37 heavy (non-hydrogen) atoms. The molecule has 0 atom stereocenters. The van der Waals surface area contributed by atoms with Crippen LogP contribution >= 0.6 is 35.0 Å². The summed E-state index contributed by atoms with van der Waals surface area (Å²) in [6, 6.07) is 9.43. The number of likely N-dealkylation sites (N-methyl/N-ethyl adjacent to an activating group) is 1. The molecule has 5 rings (SSSR count). The zero-order valence-electron chi connectivity index (χ0n) is 19.7. The van der Waals surface area contributed by atoms with E-state index in [1.807, 2.05) is 6.92 Å². The second-order valence-corrected chi connectivity index (χ2v) is 12.4. The number of nitrogens with zero attached hydrogens (tertiary/aromatic N) is 3. The maximum absolute atomic E-state index is 13.6. The van der Waals surface area contributed by atoms with Gasteiger partial charge in [-0.3, -0.25) is 19.7 Å². The van der Waals surface area contributed by atoms with Gasteiger partial charge >= 0.3 is 0 Å². The van der Waals surface area contributed by atoms with Gasteiger partial charge in [0.25, 0.3) is 17.1 Å². The third-order valence-corrected chi connectivity index (χ3v) is 10.1. The molecule has 2 aromatic carbocycles. The number of anilines is 1. The Kier molecular flexibility index (Phi) is 7.12. The first kappa shape index (κ1) is 26.2. The van der Waals surface area contributed by atoms with Crippen molar-refractivity contribution < 1.29 is 22.8 Å². The summed E-state index contributed by atoms with van der Waals surface area (Å²) in [5.74, 6) is -1.20. The van der Waals surface area contributed by atoms with Crippen molar-refractivity contribution in [3.05, 3.63) is 62.5 Å². The molecule has 3 amide bonds. The number of thioether (sulfide) groups is 1. The SMILES string of the molecule is CCN1CCN(S(=O)(=O)c2ccc3c(c2)/C(=C2/SC(=O)NC2=O)C(=O)N3Cc2ccc(Cl)c(Cl)c2)CC1. The molecule has 0 saturated carbocycles. The zero-order chi connectivity index (χ0) is 26.5. The van der Waals surface area contributed by atoms with E-state index in [0.29, 0.717) is 59.2 Å². The zero-order valence-corrected chi connectivity index (χ0v) is 22.8. The lowest BCUT2D eigenvalue weighted by atomic mass is 10.1. The van der Waals surface area contributed by atoms with Crippen molar-refractivity contribution in [1.29, 1.82) is 0 Å². The Balaban J connectivity index is 1.57.